The van der Waals surface area contributed by atoms with Crippen molar-refractivity contribution >= 4 is 29.5 Å². The first-order valence-corrected chi connectivity index (χ1v) is 8.93. The van der Waals surface area contributed by atoms with Crippen molar-refractivity contribution in [3.8, 4) is 5.88 Å². The molecule has 1 amide bonds. The zero-order valence-corrected chi connectivity index (χ0v) is 16.4. The van der Waals surface area contributed by atoms with Gasteiger partial charge in [-0.1, -0.05) is 0 Å². The van der Waals surface area contributed by atoms with Crippen LogP contribution in [0.15, 0.2) is 27.3 Å². The summed E-state index contributed by atoms with van der Waals surface area (Å²) in [5, 5.41) is 16.0. The van der Waals surface area contributed by atoms with Crippen LogP contribution in [0.3, 0.4) is 0 Å². The molecule has 2 aromatic heterocycles. The molecule has 0 unspecified atom stereocenters. The zero-order chi connectivity index (χ0) is 19.6. The molecule has 1 aliphatic rings. The molecule has 0 saturated carbocycles. The fourth-order valence-electron chi connectivity index (χ4n) is 2.72. The van der Waals surface area contributed by atoms with E-state index < -0.39 is 5.54 Å². The number of ether oxygens (including phenoxy) is 2. The highest BCUT2D eigenvalue weighted by molar-refractivity contribution is 7.84. The molecule has 0 bridgehead atoms. The summed E-state index contributed by atoms with van der Waals surface area (Å²) in [5.74, 6) is 0.494. The Labute approximate surface area is 162 Å². The van der Waals surface area contributed by atoms with Crippen molar-refractivity contribution in [1.82, 2.24) is 15.6 Å². The van der Waals surface area contributed by atoms with Crippen LogP contribution in [-0.2, 0) is 4.74 Å². The molecule has 3 heterocycles. The number of aromatic nitrogens is 1. The van der Waals surface area contributed by atoms with Crippen LogP contribution in [-0.4, -0.2) is 55.0 Å². The van der Waals surface area contributed by atoms with E-state index in [9.17, 15) is 9.90 Å². The van der Waals surface area contributed by atoms with Crippen LogP contribution in [0.5, 0.6) is 5.88 Å². The van der Waals surface area contributed by atoms with Crippen molar-refractivity contribution in [3.63, 3.8) is 0 Å². The lowest BCUT2D eigenvalue weighted by Crippen LogP contribution is -2.64. The Morgan fingerprint density at radius 3 is 2.81 bits per heavy atom. The number of fused-ring (bicyclic) bond motifs is 1. The van der Waals surface area contributed by atoms with E-state index >= 15 is 0 Å². The van der Waals surface area contributed by atoms with E-state index in [-0.39, 0.29) is 32.3 Å². The number of aliphatic hydroxyl groups excluding tert-OH is 1. The molecule has 2 aromatic rings. The summed E-state index contributed by atoms with van der Waals surface area (Å²) in [4.78, 5) is 17.7. The Kier molecular flexibility index (Phi) is 5.64. The van der Waals surface area contributed by atoms with Gasteiger partial charge in [-0.15, -0.1) is 12.6 Å². The third kappa shape index (κ3) is 3.90. The molecule has 3 rings (SSSR count). The molecule has 0 atom stereocenters. The maximum absolute atomic E-state index is 12.8. The summed E-state index contributed by atoms with van der Waals surface area (Å²) in [5.41, 5.74) is 1.04. The second kappa shape index (κ2) is 7.79. The molecule has 1 saturated heterocycles. The summed E-state index contributed by atoms with van der Waals surface area (Å²) in [6.07, 6.45) is 1.52. The molecule has 1 aliphatic heterocycles. The van der Waals surface area contributed by atoms with E-state index in [1.54, 1.807) is 20.0 Å². The third-order valence-electron chi connectivity index (χ3n) is 4.56. The van der Waals surface area contributed by atoms with Crippen LogP contribution >= 0.6 is 12.6 Å². The van der Waals surface area contributed by atoms with Crippen molar-refractivity contribution in [2.45, 2.75) is 19.4 Å². The highest BCUT2D eigenvalue weighted by Gasteiger charge is 2.40. The normalized spacial score (nSPS) is 16.5. The second-order valence-corrected chi connectivity index (χ2v) is 7.09. The summed E-state index contributed by atoms with van der Waals surface area (Å²) in [6, 6.07) is 1.67. The first kappa shape index (κ1) is 19.5. The Balaban J connectivity index is 1.85. The molecule has 0 aromatic carbocycles. The molecule has 8 nitrogen and oxygen atoms in total. The van der Waals surface area contributed by atoms with Crippen LogP contribution in [0.25, 0.3) is 11.0 Å². The number of carbonyl (C=O) groups is 1. The molecule has 146 valence electrons. The number of furan rings is 1. The van der Waals surface area contributed by atoms with Crippen LogP contribution in [0.1, 0.15) is 23.0 Å². The molecule has 9 heteroatoms. The number of allylic oxidation sites excluding steroid dienone is 1. The molecule has 1 fully saturated rings. The minimum atomic E-state index is -0.740. The molecular formula is C18H23N3O5S. The molecule has 27 heavy (non-hydrogen) atoms. The maximum Gasteiger partial charge on any atom is 0.256 e. The first-order chi connectivity index (χ1) is 12.9. The number of amides is 1. The van der Waals surface area contributed by atoms with E-state index in [1.165, 1.54) is 6.20 Å². The van der Waals surface area contributed by atoms with Crippen LogP contribution in [0, 0.1) is 6.92 Å². The van der Waals surface area contributed by atoms with Crippen LogP contribution in [0.4, 0.5) is 0 Å². The monoisotopic (exact) mass is 393 g/mol. The molecule has 3 N–H and O–H groups in total. The Morgan fingerprint density at radius 1 is 1.48 bits per heavy atom. The molecule has 0 aliphatic carbocycles. The van der Waals surface area contributed by atoms with Gasteiger partial charge in [0, 0.05) is 29.1 Å². The quantitative estimate of drug-likeness (QED) is 0.527. The van der Waals surface area contributed by atoms with Crippen molar-refractivity contribution in [1.29, 1.82) is 0 Å². The lowest BCUT2D eigenvalue weighted by Gasteiger charge is -2.40. The summed E-state index contributed by atoms with van der Waals surface area (Å²) >= 11 is 4.39. The highest BCUT2D eigenvalue weighted by Crippen LogP contribution is 2.29. The Hall–Kier alpha value is -2.23. The van der Waals surface area contributed by atoms with E-state index in [4.69, 9.17) is 13.9 Å². The van der Waals surface area contributed by atoms with E-state index in [1.807, 2.05) is 6.92 Å². The number of thiol groups is 1. The fourth-order valence-corrected chi connectivity index (χ4v) is 2.89. The van der Waals surface area contributed by atoms with Gasteiger partial charge in [0.05, 0.1) is 31.6 Å². The zero-order valence-electron chi connectivity index (χ0n) is 15.5. The van der Waals surface area contributed by atoms with Gasteiger partial charge in [-0.2, -0.15) is 0 Å². The number of rotatable bonds is 7. The topological polar surface area (TPSA) is 106 Å². The number of aliphatic hydroxyl groups is 1. The predicted octanol–water partition coefficient (Wildman–Crippen LogP) is 1.39. The summed E-state index contributed by atoms with van der Waals surface area (Å²) in [7, 11) is 1.81. The fraction of sp³-hybridized carbons (Fsp3) is 0.444. The lowest BCUT2D eigenvalue weighted by molar-refractivity contribution is -0.0919. The number of nitrogens with one attached hydrogen (secondary N) is 2. The number of pyridine rings is 1. The number of nitrogens with zero attached hydrogens (tertiary/aromatic N) is 1. The smallest absolute Gasteiger partial charge is 0.256 e. The number of hydrogen-bond donors (Lipinski definition) is 4. The number of carbonyl (C=O) groups excluding carboxylic acids is 1. The minimum absolute atomic E-state index is 0.189. The van der Waals surface area contributed by atoms with E-state index in [0.29, 0.717) is 28.2 Å². The molecule has 0 spiro atoms. The van der Waals surface area contributed by atoms with Crippen molar-refractivity contribution < 1.29 is 23.8 Å². The Morgan fingerprint density at radius 2 is 2.22 bits per heavy atom. The third-order valence-corrected chi connectivity index (χ3v) is 5.02. The second-order valence-electron chi connectivity index (χ2n) is 6.55. The van der Waals surface area contributed by atoms with Gasteiger partial charge in [-0.3, -0.25) is 4.79 Å². The summed E-state index contributed by atoms with van der Waals surface area (Å²) in [6.45, 7) is 4.22. The van der Waals surface area contributed by atoms with Gasteiger partial charge in [-0.05, 0) is 13.8 Å². The Bertz CT molecular complexity index is 883. The highest BCUT2D eigenvalue weighted by atomic mass is 32.1. The van der Waals surface area contributed by atoms with E-state index in [0.717, 1.165) is 10.6 Å². The standard InChI is InChI=1S/C18H23N3O5S/c1-10(19-3)14(27)6-25-15-4-12-13(5-20-15)26-11(2)16(12)17(23)21-18(7-22)8-24-9-18/h4-5,19,22,27H,6-9H2,1-3H3,(H,21,23)/b14-10-. The van der Waals surface area contributed by atoms with Crippen molar-refractivity contribution in [2.75, 3.05) is 33.5 Å². The van der Waals surface area contributed by atoms with Gasteiger partial charge in [0.15, 0.2) is 5.58 Å². The largest absolute Gasteiger partial charge is 0.472 e. The lowest BCUT2D eigenvalue weighted by atomic mass is 9.98. The van der Waals surface area contributed by atoms with Crippen LogP contribution in [0.2, 0.25) is 0 Å². The predicted molar refractivity (Wildman–Crippen MR) is 103 cm³/mol. The summed E-state index contributed by atoms with van der Waals surface area (Å²) < 4.78 is 16.4. The van der Waals surface area contributed by atoms with Gasteiger partial charge in [-0.25, -0.2) is 4.98 Å². The van der Waals surface area contributed by atoms with Gasteiger partial charge in [0.25, 0.3) is 5.91 Å². The molecular weight excluding hydrogens is 370 g/mol. The average Bonchev–Trinajstić information content (AvgIpc) is 2.96. The average molecular weight is 393 g/mol. The van der Waals surface area contributed by atoms with Gasteiger partial charge >= 0.3 is 0 Å². The first-order valence-electron chi connectivity index (χ1n) is 8.48. The van der Waals surface area contributed by atoms with Crippen molar-refractivity contribution in [3.05, 3.63) is 34.2 Å². The maximum atomic E-state index is 12.8. The molecule has 0 radical (unpaired) electrons. The van der Waals surface area contributed by atoms with Gasteiger partial charge in [0.1, 0.15) is 17.9 Å². The number of hydrogen-bond acceptors (Lipinski definition) is 8. The number of aryl methyl sites for hydroxylation is 1. The van der Waals surface area contributed by atoms with Crippen molar-refractivity contribution in [2.24, 2.45) is 0 Å². The van der Waals surface area contributed by atoms with Gasteiger partial charge < -0.3 is 29.6 Å². The van der Waals surface area contributed by atoms with Crippen LogP contribution < -0.4 is 15.4 Å². The van der Waals surface area contributed by atoms with Gasteiger partial charge in [0.2, 0.25) is 5.88 Å². The SMILES string of the molecule is CN/C(C)=C(\S)COc1cc2c(C(=O)NC3(CO)COC3)c(C)oc2cn1. The van der Waals surface area contributed by atoms with E-state index in [2.05, 4.69) is 28.2 Å². The minimum Gasteiger partial charge on any atom is -0.472 e.